The summed E-state index contributed by atoms with van der Waals surface area (Å²) in [6.07, 6.45) is 4.42. The number of alkyl halides is 1. The maximum Gasteiger partial charge on any atom is 0.151 e. The molecular weight excluding hydrogens is 316 g/mol. The average Bonchev–Trinajstić information content (AvgIpc) is 2.70. The Bertz CT molecular complexity index is 531. The van der Waals surface area contributed by atoms with Gasteiger partial charge in [-0.05, 0) is 12.8 Å². The SMILES string of the molecule is CCCc1nc(C2CCS(=O)(=O)C2)ncc1CBr. The summed E-state index contributed by atoms with van der Waals surface area (Å²) in [5.74, 6) is 1.15. The van der Waals surface area contributed by atoms with E-state index in [0.717, 1.165) is 29.4 Å². The van der Waals surface area contributed by atoms with Crippen molar-refractivity contribution in [1.82, 2.24) is 9.97 Å². The molecule has 0 bridgehead atoms. The van der Waals surface area contributed by atoms with Gasteiger partial charge in [0.25, 0.3) is 0 Å². The molecule has 2 heterocycles. The van der Waals surface area contributed by atoms with Crippen LogP contribution in [0.1, 0.15) is 42.8 Å². The fraction of sp³-hybridized carbons (Fsp3) is 0.667. The highest BCUT2D eigenvalue weighted by Gasteiger charge is 2.31. The Morgan fingerprint density at radius 3 is 2.83 bits per heavy atom. The molecule has 2 rings (SSSR count). The summed E-state index contributed by atoms with van der Waals surface area (Å²) < 4.78 is 23.0. The normalized spacial score (nSPS) is 22.2. The number of hydrogen-bond acceptors (Lipinski definition) is 4. The number of sulfone groups is 1. The molecule has 1 aromatic rings. The molecule has 1 aromatic heterocycles. The summed E-state index contributed by atoms with van der Waals surface area (Å²) in [5, 5.41) is 0.742. The van der Waals surface area contributed by atoms with Gasteiger partial charge in [-0.1, -0.05) is 29.3 Å². The second kappa shape index (κ2) is 5.65. The zero-order valence-electron chi connectivity index (χ0n) is 10.4. The minimum atomic E-state index is -2.87. The van der Waals surface area contributed by atoms with Gasteiger partial charge in [0.2, 0.25) is 0 Å². The van der Waals surface area contributed by atoms with Crippen LogP contribution in [0.5, 0.6) is 0 Å². The van der Waals surface area contributed by atoms with Crippen LogP contribution in [0, 0.1) is 0 Å². The van der Waals surface area contributed by atoms with Crippen molar-refractivity contribution in [3.8, 4) is 0 Å². The van der Waals surface area contributed by atoms with Crippen molar-refractivity contribution in [2.45, 2.75) is 37.4 Å². The van der Waals surface area contributed by atoms with E-state index < -0.39 is 9.84 Å². The lowest BCUT2D eigenvalue weighted by Crippen LogP contribution is -2.10. The molecule has 18 heavy (non-hydrogen) atoms. The van der Waals surface area contributed by atoms with Gasteiger partial charge in [-0.15, -0.1) is 0 Å². The van der Waals surface area contributed by atoms with Crippen LogP contribution >= 0.6 is 15.9 Å². The second-order valence-electron chi connectivity index (χ2n) is 4.68. The predicted molar refractivity (Wildman–Crippen MR) is 74.7 cm³/mol. The maximum absolute atomic E-state index is 11.5. The van der Waals surface area contributed by atoms with Gasteiger partial charge in [-0.2, -0.15) is 0 Å². The van der Waals surface area contributed by atoms with E-state index in [0.29, 0.717) is 12.2 Å². The van der Waals surface area contributed by atoms with E-state index in [1.165, 1.54) is 0 Å². The van der Waals surface area contributed by atoms with Gasteiger partial charge in [0, 0.05) is 28.7 Å². The molecule has 0 saturated carbocycles. The largest absolute Gasteiger partial charge is 0.241 e. The highest BCUT2D eigenvalue weighted by Crippen LogP contribution is 2.27. The molecule has 4 nitrogen and oxygen atoms in total. The summed E-state index contributed by atoms with van der Waals surface area (Å²) in [6.45, 7) is 2.11. The number of aromatic nitrogens is 2. The van der Waals surface area contributed by atoms with Crippen LogP contribution in [0.4, 0.5) is 0 Å². The van der Waals surface area contributed by atoms with Gasteiger partial charge in [0.1, 0.15) is 5.82 Å². The molecule has 1 unspecified atom stereocenters. The minimum Gasteiger partial charge on any atom is -0.241 e. The smallest absolute Gasteiger partial charge is 0.151 e. The molecule has 1 atom stereocenters. The maximum atomic E-state index is 11.5. The van der Waals surface area contributed by atoms with E-state index in [4.69, 9.17) is 0 Å². The molecule has 0 amide bonds. The highest BCUT2D eigenvalue weighted by molar-refractivity contribution is 9.08. The number of nitrogens with zero attached hydrogens (tertiary/aromatic N) is 2. The first-order valence-electron chi connectivity index (χ1n) is 6.17. The summed E-state index contributed by atoms with van der Waals surface area (Å²) in [6, 6.07) is 0. The number of rotatable bonds is 4. The van der Waals surface area contributed by atoms with Crippen molar-refractivity contribution >= 4 is 25.8 Å². The van der Waals surface area contributed by atoms with Gasteiger partial charge < -0.3 is 0 Å². The monoisotopic (exact) mass is 332 g/mol. The van der Waals surface area contributed by atoms with Crippen molar-refractivity contribution in [3.63, 3.8) is 0 Å². The molecule has 0 aromatic carbocycles. The van der Waals surface area contributed by atoms with Gasteiger partial charge in [-0.3, -0.25) is 0 Å². The average molecular weight is 333 g/mol. The van der Waals surface area contributed by atoms with Crippen LogP contribution in [0.15, 0.2) is 6.20 Å². The topological polar surface area (TPSA) is 59.9 Å². The van der Waals surface area contributed by atoms with Crippen LogP contribution in [-0.4, -0.2) is 29.9 Å². The van der Waals surface area contributed by atoms with Crippen molar-refractivity contribution in [1.29, 1.82) is 0 Å². The molecule has 1 aliphatic heterocycles. The number of aryl methyl sites for hydroxylation is 1. The molecule has 100 valence electrons. The lowest BCUT2D eigenvalue weighted by atomic mass is 10.1. The standard InChI is InChI=1S/C12H17BrN2O2S/c1-2-3-11-10(6-13)7-14-12(15-11)9-4-5-18(16,17)8-9/h7,9H,2-6,8H2,1H3. The fourth-order valence-corrected chi connectivity index (χ4v) is 4.43. The molecule has 1 aliphatic rings. The quantitative estimate of drug-likeness (QED) is 0.793. The molecule has 0 radical (unpaired) electrons. The zero-order valence-corrected chi connectivity index (χ0v) is 12.8. The Morgan fingerprint density at radius 2 is 2.28 bits per heavy atom. The van der Waals surface area contributed by atoms with E-state index >= 15 is 0 Å². The molecule has 1 saturated heterocycles. The fourth-order valence-electron chi connectivity index (χ4n) is 2.22. The molecule has 1 fully saturated rings. The van der Waals surface area contributed by atoms with Gasteiger partial charge in [0.05, 0.1) is 11.5 Å². The van der Waals surface area contributed by atoms with Crippen LogP contribution in [-0.2, 0) is 21.6 Å². The summed E-state index contributed by atoms with van der Waals surface area (Å²) in [7, 11) is -2.87. The van der Waals surface area contributed by atoms with E-state index in [1.807, 2.05) is 6.20 Å². The Hall–Kier alpha value is -0.490. The van der Waals surface area contributed by atoms with Crippen LogP contribution in [0.3, 0.4) is 0 Å². The summed E-state index contributed by atoms with van der Waals surface area (Å²) in [4.78, 5) is 8.91. The summed E-state index contributed by atoms with van der Waals surface area (Å²) >= 11 is 3.43. The van der Waals surface area contributed by atoms with Crippen LogP contribution < -0.4 is 0 Å². The first-order chi connectivity index (χ1) is 8.55. The third-order valence-corrected chi connectivity index (χ3v) is 5.57. The van der Waals surface area contributed by atoms with E-state index in [-0.39, 0.29) is 17.4 Å². The second-order valence-corrected chi connectivity index (χ2v) is 7.47. The number of hydrogen-bond donors (Lipinski definition) is 0. The van der Waals surface area contributed by atoms with Crippen molar-refractivity contribution < 1.29 is 8.42 Å². The van der Waals surface area contributed by atoms with E-state index in [2.05, 4.69) is 32.8 Å². The number of halogens is 1. The minimum absolute atomic E-state index is 0.0185. The Labute approximate surface area is 116 Å². The molecule has 6 heteroatoms. The molecule has 0 aliphatic carbocycles. The Morgan fingerprint density at radius 1 is 1.50 bits per heavy atom. The molecule has 0 spiro atoms. The zero-order chi connectivity index (χ0) is 13.2. The van der Waals surface area contributed by atoms with E-state index in [1.54, 1.807) is 0 Å². The van der Waals surface area contributed by atoms with Gasteiger partial charge >= 0.3 is 0 Å². The van der Waals surface area contributed by atoms with Crippen molar-refractivity contribution in [2.75, 3.05) is 11.5 Å². The first-order valence-corrected chi connectivity index (χ1v) is 9.11. The van der Waals surface area contributed by atoms with Crippen molar-refractivity contribution in [3.05, 3.63) is 23.3 Å². The lowest BCUT2D eigenvalue weighted by molar-refractivity contribution is 0.601. The van der Waals surface area contributed by atoms with Crippen LogP contribution in [0.2, 0.25) is 0 Å². The van der Waals surface area contributed by atoms with Crippen molar-refractivity contribution in [2.24, 2.45) is 0 Å². The predicted octanol–water partition coefficient (Wildman–Crippen LogP) is 2.23. The third kappa shape index (κ3) is 3.09. The first kappa shape index (κ1) is 13.9. The van der Waals surface area contributed by atoms with Crippen LogP contribution in [0.25, 0.3) is 0 Å². The van der Waals surface area contributed by atoms with Gasteiger partial charge in [0.15, 0.2) is 9.84 Å². The third-order valence-electron chi connectivity index (χ3n) is 3.20. The molecular formula is C12H17BrN2O2S. The van der Waals surface area contributed by atoms with Gasteiger partial charge in [-0.25, -0.2) is 18.4 Å². The Balaban J connectivity index is 2.27. The summed E-state index contributed by atoms with van der Waals surface area (Å²) in [5.41, 5.74) is 2.14. The lowest BCUT2D eigenvalue weighted by Gasteiger charge is -2.10. The highest BCUT2D eigenvalue weighted by atomic mass is 79.9. The molecule has 0 N–H and O–H groups in total. The van der Waals surface area contributed by atoms with E-state index in [9.17, 15) is 8.42 Å². The Kier molecular flexibility index (Phi) is 4.37.